The number of benzene rings is 2. The summed E-state index contributed by atoms with van der Waals surface area (Å²) in [5, 5.41) is 3.99. The highest BCUT2D eigenvalue weighted by atomic mass is 79.9. The van der Waals surface area contributed by atoms with E-state index in [2.05, 4.69) is 31.4 Å². The average molecular weight is 498 g/mol. The summed E-state index contributed by atoms with van der Waals surface area (Å²) in [4.78, 5) is 3.68. The van der Waals surface area contributed by atoms with Gasteiger partial charge in [-0.2, -0.15) is 18.3 Å². The fourth-order valence-corrected chi connectivity index (χ4v) is 2.88. The van der Waals surface area contributed by atoms with Crippen LogP contribution in [0.25, 0.3) is 0 Å². The van der Waals surface area contributed by atoms with E-state index in [1.807, 2.05) is 0 Å². The zero-order valence-electron chi connectivity index (χ0n) is 16.1. The van der Waals surface area contributed by atoms with E-state index >= 15 is 0 Å². The number of hydrazone groups is 1. The molecule has 5 nitrogen and oxygen atoms in total. The first-order valence-electron chi connectivity index (χ1n) is 8.83. The molecule has 0 aliphatic rings. The fraction of sp³-hybridized carbons (Fsp3) is 0.143. The molecule has 1 N–H and O–H groups in total. The van der Waals surface area contributed by atoms with E-state index in [1.165, 1.54) is 31.5 Å². The number of methoxy groups -OCH3 is 1. The Labute approximate surface area is 183 Å². The van der Waals surface area contributed by atoms with Crippen LogP contribution in [0.5, 0.6) is 11.5 Å². The molecule has 31 heavy (non-hydrogen) atoms. The molecule has 2 aromatic carbocycles. The quantitative estimate of drug-likeness (QED) is 0.245. The summed E-state index contributed by atoms with van der Waals surface area (Å²) in [5.41, 5.74) is 3.15. The Morgan fingerprint density at radius 1 is 1.10 bits per heavy atom. The maximum absolute atomic E-state index is 13.0. The first-order chi connectivity index (χ1) is 14.8. The van der Waals surface area contributed by atoms with Crippen molar-refractivity contribution in [1.29, 1.82) is 0 Å². The smallest absolute Gasteiger partial charge is 0.417 e. The molecule has 3 aromatic rings. The van der Waals surface area contributed by atoms with Gasteiger partial charge in [-0.05, 0) is 57.9 Å². The van der Waals surface area contributed by atoms with Crippen LogP contribution in [0.3, 0.4) is 0 Å². The van der Waals surface area contributed by atoms with Gasteiger partial charge in [-0.15, -0.1) is 0 Å². The summed E-state index contributed by atoms with van der Waals surface area (Å²) >= 11 is 3.42. The molecule has 0 radical (unpaired) electrons. The molecule has 0 bridgehead atoms. The lowest BCUT2D eigenvalue weighted by Crippen LogP contribution is -2.05. The highest BCUT2D eigenvalue weighted by molar-refractivity contribution is 9.10. The summed E-state index contributed by atoms with van der Waals surface area (Å²) in [5.74, 6) is 0.743. The Hall–Kier alpha value is -3.14. The predicted octanol–water partition coefficient (Wildman–Crippen LogP) is 6.04. The zero-order chi connectivity index (χ0) is 22.4. The minimum atomic E-state index is -4.45. The molecule has 3 rings (SSSR count). The Morgan fingerprint density at radius 3 is 2.45 bits per heavy atom. The van der Waals surface area contributed by atoms with Gasteiger partial charge in [-0.3, -0.25) is 5.43 Å². The number of hydrogen-bond donors (Lipinski definition) is 1. The number of pyridine rings is 1. The van der Waals surface area contributed by atoms with Crippen molar-refractivity contribution >= 4 is 28.0 Å². The van der Waals surface area contributed by atoms with Gasteiger partial charge in [0, 0.05) is 16.2 Å². The van der Waals surface area contributed by atoms with Crippen molar-refractivity contribution in [1.82, 2.24) is 4.98 Å². The van der Waals surface area contributed by atoms with Crippen LogP contribution in [0.4, 0.5) is 23.4 Å². The number of hydrogen-bond acceptors (Lipinski definition) is 5. The number of alkyl halides is 3. The highest BCUT2D eigenvalue weighted by Crippen LogP contribution is 2.33. The number of nitrogens with zero attached hydrogens (tertiary/aromatic N) is 2. The molecule has 1 heterocycles. The number of anilines is 1. The molecule has 162 valence electrons. The molecule has 0 spiro atoms. The predicted molar refractivity (Wildman–Crippen MR) is 112 cm³/mol. The van der Waals surface area contributed by atoms with Crippen LogP contribution in [-0.2, 0) is 12.8 Å². The monoisotopic (exact) mass is 497 g/mol. The summed E-state index contributed by atoms with van der Waals surface area (Å²) in [6.07, 6.45) is -2.27. The van der Waals surface area contributed by atoms with E-state index in [1.54, 1.807) is 24.3 Å². The Balaban J connectivity index is 1.68. The number of halogens is 5. The molecule has 1 aromatic heterocycles. The van der Waals surface area contributed by atoms with Gasteiger partial charge < -0.3 is 9.47 Å². The van der Waals surface area contributed by atoms with Crippen LogP contribution < -0.4 is 14.9 Å². The second-order valence-electron chi connectivity index (χ2n) is 6.24. The van der Waals surface area contributed by atoms with E-state index in [4.69, 9.17) is 9.47 Å². The van der Waals surface area contributed by atoms with E-state index in [0.29, 0.717) is 21.5 Å². The topological polar surface area (TPSA) is 55.7 Å². The molecule has 0 unspecified atom stereocenters. The van der Waals surface area contributed by atoms with E-state index in [-0.39, 0.29) is 18.2 Å². The number of nitrogens with one attached hydrogen (secondary N) is 1. The number of ether oxygens (including phenoxy) is 2. The minimum absolute atomic E-state index is 0.159. The Kier molecular flexibility index (Phi) is 7.11. The third-order valence-corrected chi connectivity index (χ3v) is 4.75. The van der Waals surface area contributed by atoms with Crippen molar-refractivity contribution in [2.75, 3.05) is 12.5 Å². The van der Waals surface area contributed by atoms with Crippen LogP contribution in [0.2, 0.25) is 0 Å². The Morgan fingerprint density at radius 2 is 1.84 bits per heavy atom. The molecule has 0 saturated heterocycles. The van der Waals surface area contributed by atoms with Crippen molar-refractivity contribution in [3.05, 3.63) is 81.7 Å². The average Bonchev–Trinajstić information content (AvgIpc) is 2.74. The lowest BCUT2D eigenvalue weighted by molar-refractivity contribution is -0.137. The van der Waals surface area contributed by atoms with E-state index in [0.717, 1.165) is 17.8 Å². The van der Waals surface area contributed by atoms with Crippen molar-refractivity contribution in [3.8, 4) is 11.5 Å². The lowest BCUT2D eigenvalue weighted by Gasteiger charge is -2.13. The van der Waals surface area contributed by atoms with Crippen LogP contribution in [0.15, 0.2) is 64.3 Å². The third kappa shape index (κ3) is 6.17. The normalized spacial score (nSPS) is 11.5. The van der Waals surface area contributed by atoms with Gasteiger partial charge in [0.2, 0.25) is 0 Å². The van der Waals surface area contributed by atoms with Gasteiger partial charge in [0.05, 0.1) is 18.9 Å². The van der Waals surface area contributed by atoms with Crippen LogP contribution in [-0.4, -0.2) is 18.3 Å². The zero-order valence-corrected chi connectivity index (χ0v) is 17.7. The van der Waals surface area contributed by atoms with Gasteiger partial charge in [0.15, 0.2) is 11.5 Å². The summed E-state index contributed by atoms with van der Waals surface area (Å²) in [7, 11) is 1.49. The van der Waals surface area contributed by atoms with Crippen molar-refractivity contribution < 1.29 is 27.0 Å². The van der Waals surface area contributed by atoms with Gasteiger partial charge in [0.1, 0.15) is 18.2 Å². The van der Waals surface area contributed by atoms with E-state index < -0.39 is 11.7 Å². The molecule has 0 aliphatic heterocycles. The molecule has 0 aliphatic carbocycles. The Bertz CT molecular complexity index is 1060. The molecular formula is C21H16BrF4N3O2. The first kappa shape index (κ1) is 22.5. The summed E-state index contributed by atoms with van der Waals surface area (Å²) in [6, 6.07) is 11.4. The van der Waals surface area contributed by atoms with Gasteiger partial charge in [0.25, 0.3) is 0 Å². The number of rotatable bonds is 7. The minimum Gasteiger partial charge on any atom is -0.493 e. The lowest BCUT2D eigenvalue weighted by atomic mass is 10.2. The van der Waals surface area contributed by atoms with Crippen LogP contribution >= 0.6 is 15.9 Å². The first-order valence-corrected chi connectivity index (χ1v) is 9.62. The van der Waals surface area contributed by atoms with Crippen molar-refractivity contribution in [2.45, 2.75) is 12.8 Å². The van der Waals surface area contributed by atoms with E-state index in [9.17, 15) is 17.6 Å². The molecule has 0 atom stereocenters. The third-order valence-electron chi connectivity index (χ3n) is 4.06. The highest BCUT2D eigenvalue weighted by Gasteiger charge is 2.30. The fourth-order valence-electron chi connectivity index (χ4n) is 2.46. The van der Waals surface area contributed by atoms with Gasteiger partial charge in [-0.1, -0.05) is 12.1 Å². The molecule has 10 heteroatoms. The summed E-state index contributed by atoms with van der Waals surface area (Å²) in [6.45, 7) is 0.220. The van der Waals surface area contributed by atoms with Crippen LogP contribution in [0.1, 0.15) is 16.7 Å². The number of aromatic nitrogens is 1. The molecule has 0 saturated carbocycles. The maximum Gasteiger partial charge on any atom is 0.417 e. The van der Waals surface area contributed by atoms with Gasteiger partial charge >= 0.3 is 6.18 Å². The van der Waals surface area contributed by atoms with Crippen LogP contribution in [0, 0.1) is 5.82 Å². The second-order valence-corrected chi connectivity index (χ2v) is 7.09. The summed E-state index contributed by atoms with van der Waals surface area (Å²) < 4.78 is 62.5. The molecule has 0 fully saturated rings. The standard InChI is InChI=1S/C21H16BrF4N3O2/c1-30-18-8-14(10-28-29-20-7-4-15(11-27-20)21(24,25)26)17(22)9-19(18)31-12-13-2-5-16(23)6-3-13/h2-11H,12H2,1H3,(H,27,29)/b28-10-. The molecular weight excluding hydrogens is 482 g/mol. The van der Waals surface area contributed by atoms with Crippen molar-refractivity contribution in [2.24, 2.45) is 5.10 Å². The SMILES string of the molecule is COc1cc(/C=N\Nc2ccc(C(F)(F)F)cn2)c(Br)cc1OCc1ccc(F)cc1. The molecule has 0 amide bonds. The largest absolute Gasteiger partial charge is 0.493 e. The maximum atomic E-state index is 13.0. The van der Waals surface area contributed by atoms with Crippen molar-refractivity contribution in [3.63, 3.8) is 0 Å². The second kappa shape index (κ2) is 9.78. The van der Waals surface area contributed by atoms with Gasteiger partial charge in [-0.25, -0.2) is 9.37 Å².